The summed E-state index contributed by atoms with van der Waals surface area (Å²) >= 11 is 12.0. The molecular formula is C20H18Cl2N2O3. The summed E-state index contributed by atoms with van der Waals surface area (Å²) < 4.78 is 5.18. The quantitative estimate of drug-likeness (QED) is 0.478. The number of rotatable bonds is 6. The molecule has 3 aromatic rings. The number of para-hydroxylation sites is 1. The molecule has 1 heterocycles. The van der Waals surface area contributed by atoms with Gasteiger partial charge in [-0.2, -0.15) is 0 Å². The average Bonchev–Trinajstić information content (AvgIpc) is 2.66. The minimum Gasteiger partial charge on any atom is -0.423 e. The summed E-state index contributed by atoms with van der Waals surface area (Å²) in [6, 6.07) is 13.6. The van der Waals surface area contributed by atoms with Crippen LogP contribution in [0.4, 0.5) is 5.69 Å². The zero-order chi connectivity index (χ0) is 19.4. The van der Waals surface area contributed by atoms with E-state index in [2.05, 4.69) is 5.32 Å². The molecule has 0 aliphatic carbocycles. The van der Waals surface area contributed by atoms with Gasteiger partial charge in [0.1, 0.15) is 5.58 Å². The van der Waals surface area contributed by atoms with Gasteiger partial charge in [-0.3, -0.25) is 4.79 Å². The predicted molar refractivity (Wildman–Crippen MR) is 109 cm³/mol. The number of amides is 1. The van der Waals surface area contributed by atoms with E-state index in [4.69, 9.17) is 27.6 Å². The van der Waals surface area contributed by atoms with Gasteiger partial charge in [0.15, 0.2) is 0 Å². The van der Waals surface area contributed by atoms with E-state index < -0.39 is 5.63 Å². The molecule has 0 atom stereocenters. The van der Waals surface area contributed by atoms with Crippen molar-refractivity contribution in [2.24, 2.45) is 0 Å². The van der Waals surface area contributed by atoms with Gasteiger partial charge < -0.3 is 14.6 Å². The van der Waals surface area contributed by atoms with E-state index >= 15 is 0 Å². The van der Waals surface area contributed by atoms with Crippen molar-refractivity contribution in [3.63, 3.8) is 0 Å². The highest BCUT2D eigenvalue weighted by molar-refractivity contribution is 6.35. The van der Waals surface area contributed by atoms with Crippen LogP contribution in [0.1, 0.15) is 16.8 Å². The SMILES string of the molecule is CN(CCCNc1cc(=O)oc2ccccc12)C(=O)c1cc(Cl)ccc1Cl. The Kier molecular flexibility index (Phi) is 6.04. The predicted octanol–water partition coefficient (Wildman–Crippen LogP) is 4.67. The van der Waals surface area contributed by atoms with E-state index in [1.807, 2.05) is 18.2 Å². The Morgan fingerprint density at radius 1 is 1.15 bits per heavy atom. The van der Waals surface area contributed by atoms with Crippen molar-refractivity contribution in [3.05, 3.63) is 74.6 Å². The molecule has 7 heteroatoms. The number of fused-ring (bicyclic) bond motifs is 1. The molecule has 1 amide bonds. The average molecular weight is 405 g/mol. The fraction of sp³-hybridized carbons (Fsp3) is 0.200. The van der Waals surface area contributed by atoms with E-state index in [0.29, 0.717) is 46.4 Å². The van der Waals surface area contributed by atoms with Crippen molar-refractivity contribution in [1.82, 2.24) is 4.90 Å². The molecular weight excluding hydrogens is 387 g/mol. The van der Waals surface area contributed by atoms with Gasteiger partial charge in [-0.15, -0.1) is 0 Å². The second-order valence-electron chi connectivity index (χ2n) is 6.11. The van der Waals surface area contributed by atoms with Crippen LogP contribution in [-0.2, 0) is 0 Å². The summed E-state index contributed by atoms with van der Waals surface area (Å²) in [5.41, 5.74) is 1.23. The first-order valence-corrected chi connectivity index (χ1v) is 9.18. The zero-order valence-electron chi connectivity index (χ0n) is 14.7. The molecule has 27 heavy (non-hydrogen) atoms. The van der Waals surface area contributed by atoms with Gasteiger partial charge in [0.25, 0.3) is 5.91 Å². The van der Waals surface area contributed by atoms with Crippen LogP contribution in [0.5, 0.6) is 0 Å². The van der Waals surface area contributed by atoms with Crippen molar-refractivity contribution in [2.45, 2.75) is 6.42 Å². The molecule has 0 bridgehead atoms. The van der Waals surface area contributed by atoms with Gasteiger partial charge in [-0.05, 0) is 36.8 Å². The first-order chi connectivity index (χ1) is 13.0. The minimum atomic E-state index is -0.404. The summed E-state index contributed by atoms with van der Waals surface area (Å²) in [5, 5.41) is 4.92. The maximum atomic E-state index is 12.5. The van der Waals surface area contributed by atoms with Crippen LogP contribution in [0, 0.1) is 0 Å². The first kappa shape index (κ1) is 19.3. The van der Waals surface area contributed by atoms with Gasteiger partial charge in [-0.25, -0.2) is 4.79 Å². The van der Waals surface area contributed by atoms with Gasteiger partial charge in [0.2, 0.25) is 0 Å². The lowest BCUT2D eigenvalue weighted by atomic mass is 10.2. The van der Waals surface area contributed by atoms with Crippen LogP contribution in [-0.4, -0.2) is 30.9 Å². The van der Waals surface area contributed by atoms with Crippen molar-refractivity contribution in [2.75, 3.05) is 25.5 Å². The van der Waals surface area contributed by atoms with Gasteiger partial charge in [0, 0.05) is 36.6 Å². The second kappa shape index (κ2) is 8.46. The van der Waals surface area contributed by atoms with E-state index in [1.165, 1.54) is 6.07 Å². The number of carbonyl (C=O) groups is 1. The van der Waals surface area contributed by atoms with Gasteiger partial charge in [0.05, 0.1) is 16.3 Å². The van der Waals surface area contributed by atoms with Crippen LogP contribution >= 0.6 is 23.2 Å². The summed E-state index contributed by atoms with van der Waals surface area (Å²) in [6.07, 6.45) is 0.689. The summed E-state index contributed by atoms with van der Waals surface area (Å²) in [5.74, 6) is -0.187. The Labute approximate surface area is 166 Å². The number of anilines is 1. The Balaban J connectivity index is 1.60. The highest BCUT2D eigenvalue weighted by Crippen LogP contribution is 2.22. The molecule has 0 spiro atoms. The number of benzene rings is 2. The maximum absolute atomic E-state index is 12.5. The Bertz CT molecular complexity index is 1030. The van der Waals surface area contributed by atoms with Crippen LogP contribution in [0.15, 0.2) is 57.7 Å². The molecule has 0 aliphatic heterocycles. The van der Waals surface area contributed by atoms with Crippen LogP contribution < -0.4 is 10.9 Å². The largest absolute Gasteiger partial charge is 0.423 e. The second-order valence-corrected chi connectivity index (χ2v) is 6.95. The number of hydrogen-bond acceptors (Lipinski definition) is 4. The molecule has 0 saturated heterocycles. The number of nitrogens with one attached hydrogen (secondary N) is 1. The van der Waals surface area contributed by atoms with Crippen molar-refractivity contribution in [3.8, 4) is 0 Å². The Morgan fingerprint density at radius 3 is 2.74 bits per heavy atom. The third kappa shape index (κ3) is 4.62. The van der Waals surface area contributed by atoms with Gasteiger partial charge in [-0.1, -0.05) is 35.3 Å². The molecule has 2 aromatic carbocycles. The van der Waals surface area contributed by atoms with Crippen molar-refractivity contribution in [1.29, 1.82) is 0 Å². The van der Waals surface area contributed by atoms with Gasteiger partial charge >= 0.3 is 5.63 Å². The molecule has 0 fully saturated rings. The lowest BCUT2D eigenvalue weighted by molar-refractivity contribution is 0.0795. The first-order valence-electron chi connectivity index (χ1n) is 8.43. The van der Waals surface area contributed by atoms with Crippen LogP contribution in [0.2, 0.25) is 10.0 Å². The monoisotopic (exact) mass is 404 g/mol. The van der Waals surface area contributed by atoms with Crippen molar-refractivity contribution >= 4 is 45.8 Å². The molecule has 0 aliphatic rings. The summed E-state index contributed by atoms with van der Waals surface area (Å²) in [7, 11) is 1.71. The number of hydrogen-bond donors (Lipinski definition) is 1. The third-order valence-electron chi connectivity index (χ3n) is 4.14. The topological polar surface area (TPSA) is 62.6 Å². The Hall–Kier alpha value is -2.50. The van der Waals surface area contributed by atoms with E-state index in [0.717, 1.165) is 5.39 Å². The Morgan fingerprint density at radius 2 is 1.93 bits per heavy atom. The summed E-state index contributed by atoms with van der Waals surface area (Å²) in [6.45, 7) is 1.11. The van der Waals surface area contributed by atoms with E-state index in [-0.39, 0.29) is 5.91 Å². The molecule has 0 unspecified atom stereocenters. The van der Waals surface area contributed by atoms with E-state index in [9.17, 15) is 9.59 Å². The molecule has 1 N–H and O–H groups in total. The smallest absolute Gasteiger partial charge is 0.338 e. The fourth-order valence-electron chi connectivity index (χ4n) is 2.77. The van der Waals surface area contributed by atoms with Crippen molar-refractivity contribution < 1.29 is 9.21 Å². The lowest BCUT2D eigenvalue weighted by Crippen LogP contribution is -2.29. The molecule has 1 aromatic heterocycles. The van der Waals surface area contributed by atoms with E-state index in [1.54, 1.807) is 36.2 Å². The van der Waals surface area contributed by atoms with Crippen LogP contribution in [0.3, 0.4) is 0 Å². The standard InChI is InChI=1S/C20H18Cl2N2O3/c1-24(20(26)15-11-13(21)7-8-16(15)22)10-4-9-23-17-12-19(25)27-18-6-3-2-5-14(17)18/h2-3,5-8,11-12,23H,4,9-10H2,1H3. The molecule has 5 nitrogen and oxygen atoms in total. The summed E-state index contributed by atoms with van der Waals surface area (Å²) in [4.78, 5) is 25.8. The minimum absolute atomic E-state index is 0.187. The lowest BCUT2D eigenvalue weighted by Gasteiger charge is -2.18. The maximum Gasteiger partial charge on any atom is 0.338 e. The third-order valence-corrected chi connectivity index (χ3v) is 4.71. The molecule has 0 radical (unpaired) electrons. The highest BCUT2D eigenvalue weighted by Gasteiger charge is 2.15. The number of halogens is 2. The fourth-order valence-corrected chi connectivity index (χ4v) is 3.14. The normalized spacial score (nSPS) is 10.8. The zero-order valence-corrected chi connectivity index (χ0v) is 16.2. The molecule has 3 rings (SSSR count). The van der Waals surface area contributed by atoms with Crippen LogP contribution in [0.25, 0.3) is 11.0 Å². The molecule has 140 valence electrons. The number of nitrogens with zero attached hydrogens (tertiary/aromatic N) is 1. The highest BCUT2D eigenvalue weighted by atomic mass is 35.5. The molecule has 0 saturated carbocycles. The number of carbonyl (C=O) groups excluding carboxylic acids is 1.